The predicted octanol–water partition coefficient (Wildman–Crippen LogP) is 2.43. The number of sulfonamides is 1. The molecule has 0 saturated carbocycles. The van der Waals surface area contributed by atoms with E-state index in [9.17, 15) is 18.0 Å². The van der Waals surface area contributed by atoms with E-state index < -0.39 is 21.8 Å². The van der Waals surface area contributed by atoms with Crippen molar-refractivity contribution in [2.75, 3.05) is 27.8 Å². The Bertz CT molecular complexity index is 1110. The molecule has 0 unspecified atom stereocenters. The Morgan fingerprint density at radius 3 is 2.16 bits per heavy atom. The molecule has 9 nitrogen and oxygen atoms in total. The molecule has 0 aromatic heterocycles. The Balaban J connectivity index is 2.19. The zero-order chi connectivity index (χ0) is 24.1. The lowest BCUT2D eigenvalue weighted by molar-refractivity contribution is 0.0846. The minimum Gasteiger partial charge on any atom is -0.493 e. The van der Waals surface area contributed by atoms with Crippen LogP contribution in [0.4, 0.5) is 0 Å². The molecule has 0 aliphatic rings. The summed E-state index contributed by atoms with van der Waals surface area (Å²) in [5.74, 6) is -0.306. The molecule has 0 aliphatic heterocycles. The van der Waals surface area contributed by atoms with E-state index in [0.717, 1.165) is 10.7 Å². The Hall–Kier alpha value is -3.11. The average molecular weight is 464 g/mol. The second-order valence-electron chi connectivity index (χ2n) is 7.33. The van der Waals surface area contributed by atoms with Gasteiger partial charge in [0, 0.05) is 25.2 Å². The number of carbonyl (C=O) groups excluding carboxylic acids is 2. The van der Waals surface area contributed by atoms with Crippen molar-refractivity contribution in [3.8, 4) is 11.5 Å². The maximum absolute atomic E-state index is 12.6. The fourth-order valence-electron chi connectivity index (χ4n) is 2.82. The topological polar surface area (TPSA) is 114 Å². The summed E-state index contributed by atoms with van der Waals surface area (Å²) >= 11 is 0. The number of nitrogens with zero attached hydrogens (tertiary/aromatic N) is 1. The zero-order valence-corrected chi connectivity index (χ0v) is 19.9. The minimum atomic E-state index is -3.74. The van der Waals surface area contributed by atoms with Crippen molar-refractivity contribution in [2.45, 2.75) is 32.1 Å². The number of aryl methyl sites for hydroxylation is 1. The van der Waals surface area contributed by atoms with Crippen LogP contribution < -0.4 is 20.3 Å². The molecule has 0 fully saturated rings. The zero-order valence-electron chi connectivity index (χ0n) is 19.1. The lowest BCUT2D eigenvalue weighted by Gasteiger charge is -2.17. The van der Waals surface area contributed by atoms with Crippen molar-refractivity contribution >= 4 is 21.8 Å². The van der Waals surface area contributed by atoms with Crippen molar-refractivity contribution in [3.63, 3.8) is 0 Å². The first kappa shape index (κ1) is 25.2. The Labute approximate surface area is 188 Å². The molecule has 2 rings (SSSR count). The fraction of sp³-hybridized carbons (Fsp3) is 0.364. The van der Waals surface area contributed by atoms with Crippen LogP contribution in [0.15, 0.2) is 35.2 Å². The quantitative estimate of drug-likeness (QED) is 0.581. The van der Waals surface area contributed by atoms with E-state index in [0.29, 0.717) is 29.2 Å². The standard InChI is InChI=1S/C22H29N3O6S/c1-7-10-31-18-9-8-16(12-19(18)30-6)21(26)23-24-22(27)17-11-14(2)15(3)20(13-17)32(28,29)25(4)5/h8-9,11-13H,7,10H2,1-6H3,(H,23,26)(H,24,27). The highest BCUT2D eigenvalue weighted by Crippen LogP contribution is 2.28. The summed E-state index contributed by atoms with van der Waals surface area (Å²) in [5, 5.41) is 0. The highest BCUT2D eigenvalue weighted by molar-refractivity contribution is 7.89. The molecule has 2 amide bonds. The van der Waals surface area contributed by atoms with Gasteiger partial charge in [0.2, 0.25) is 10.0 Å². The fourth-order valence-corrected chi connectivity index (χ4v) is 4.04. The number of nitrogens with one attached hydrogen (secondary N) is 2. The van der Waals surface area contributed by atoms with E-state index >= 15 is 0 Å². The van der Waals surface area contributed by atoms with Crippen LogP contribution in [0.1, 0.15) is 45.2 Å². The Morgan fingerprint density at radius 1 is 0.969 bits per heavy atom. The van der Waals surface area contributed by atoms with Crippen LogP contribution in [-0.2, 0) is 10.0 Å². The molecule has 0 atom stereocenters. The van der Waals surface area contributed by atoms with E-state index in [4.69, 9.17) is 9.47 Å². The van der Waals surface area contributed by atoms with Gasteiger partial charge in [0.15, 0.2) is 11.5 Å². The number of hydrogen-bond donors (Lipinski definition) is 2. The molecule has 0 heterocycles. The van der Waals surface area contributed by atoms with Crippen molar-refractivity contribution in [1.29, 1.82) is 0 Å². The van der Waals surface area contributed by atoms with Crippen LogP contribution in [0.2, 0.25) is 0 Å². The van der Waals surface area contributed by atoms with Crippen molar-refractivity contribution in [3.05, 3.63) is 52.6 Å². The largest absolute Gasteiger partial charge is 0.493 e. The summed E-state index contributed by atoms with van der Waals surface area (Å²) in [7, 11) is 0.571. The molecule has 2 aromatic carbocycles. The van der Waals surface area contributed by atoms with E-state index in [-0.39, 0.29) is 16.0 Å². The van der Waals surface area contributed by atoms with Gasteiger partial charge in [0.25, 0.3) is 11.8 Å². The van der Waals surface area contributed by atoms with Gasteiger partial charge in [-0.3, -0.25) is 20.4 Å². The van der Waals surface area contributed by atoms with Gasteiger partial charge in [-0.25, -0.2) is 12.7 Å². The summed E-state index contributed by atoms with van der Waals surface area (Å²) < 4.78 is 37.1. The molecular weight excluding hydrogens is 434 g/mol. The molecule has 0 bridgehead atoms. The van der Waals surface area contributed by atoms with Gasteiger partial charge < -0.3 is 9.47 Å². The summed E-state index contributed by atoms with van der Waals surface area (Å²) in [6.07, 6.45) is 0.827. The summed E-state index contributed by atoms with van der Waals surface area (Å²) in [5.41, 5.74) is 6.20. The summed E-state index contributed by atoms with van der Waals surface area (Å²) in [6, 6.07) is 7.53. The van der Waals surface area contributed by atoms with Gasteiger partial charge in [-0.1, -0.05) is 6.92 Å². The highest BCUT2D eigenvalue weighted by atomic mass is 32.2. The number of amides is 2. The lowest BCUT2D eigenvalue weighted by atomic mass is 10.1. The Kier molecular flexibility index (Phi) is 8.23. The third-order valence-electron chi connectivity index (χ3n) is 4.82. The lowest BCUT2D eigenvalue weighted by Crippen LogP contribution is -2.41. The van der Waals surface area contributed by atoms with Gasteiger partial charge in [-0.05, 0) is 61.7 Å². The predicted molar refractivity (Wildman–Crippen MR) is 121 cm³/mol. The first-order valence-corrected chi connectivity index (χ1v) is 11.4. The van der Waals surface area contributed by atoms with Crippen LogP contribution in [-0.4, -0.2) is 52.3 Å². The highest BCUT2D eigenvalue weighted by Gasteiger charge is 2.23. The molecule has 0 saturated heterocycles. The monoisotopic (exact) mass is 463 g/mol. The molecule has 10 heteroatoms. The van der Waals surface area contributed by atoms with Crippen LogP contribution >= 0.6 is 0 Å². The summed E-state index contributed by atoms with van der Waals surface area (Å²) in [6.45, 7) is 5.88. The van der Waals surface area contributed by atoms with Gasteiger partial charge in [-0.2, -0.15) is 0 Å². The third-order valence-corrected chi connectivity index (χ3v) is 6.76. The minimum absolute atomic E-state index is 0.0337. The number of methoxy groups -OCH3 is 1. The molecule has 2 N–H and O–H groups in total. The maximum atomic E-state index is 12.6. The molecule has 0 spiro atoms. The second-order valence-corrected chi connectivity index (χ2v) is 9.45. The number of carbonyl (C=O) groups is 2. The number of ether oxygens (including phenoxy) is 2. The SMILES string of the molecule is CCCOc1ccc(C(=O)NNC(=O)c2cc(C)c(C)c(S(=O)(=O)N(C)C)c2)cc1OC. The normalized spacial score (nSPS) is 11.2. The third kappa shape index (κ3) is 5.57. The number of hydrazine groups is 1. The van der Waals surface area contributed by atoms with Crippen LogP contribution in [0, 0.1) is 13.8 Å². The molecule has 0 aliphatic carbocycles. The smallest absolute Gasteiger partial charge is 0.269 e. The van der Waals surface area contributed by atoms with E-state index in [2.05, 4.69) is 10.9 Å². The van der Waals surface area contributed by atoms with Crippen molar-refractivity contribution in [1.82, 2.24) is 15.2 Å². The Morgan fingerprint density at radius 2 is 1.59 bits per heavy atom. The molecule has 0 radical (unpaired) electrons. The summed E-state index contributed by atoms with van der Waals surface area (Å²) in [4.78, 5) is 25.1. The molecule has 2 aromatic rings. The average Bonchev–Trinajstić information content (AvgIpc) is 2.76. The first-order chi connectivity index (χ1) is 15.0. The number of hydrogen-bond acceptors (Lipinski definition) is 6. The second kappa shape index (κ2) is 10.5. The van der Waals surface area contributed by atoms with E-state index in [1.807, 2.05) is 6.92 Å². The van der Waals surface area contributed by atoms with Crippen LogP contribution in [0.5, 0.6) is 11.5 Å². The van der Waals surface area contributed by atoms with Crippen LogP contribution in [0.25, 0.3) is 0 Å². The van der Waals surface area contributed by atoms with Gasteiger partial charge in [0.05, 0.1) is 18.6 Å². The van der Waals surface area contributed by atoms with Gasteiger partial charge in [-0.15, -0.1) is 0 Å². The number of benzene rings is 2. The molecular formula is C22H29N3O6S. The number of rotatable bonds is 8. The van der Waals surface area contributed by atoms with E-state index in [1.165, 1.54) is 33.3 Å². The van der Waals surface area contributed by atoms with Crippen molar-refractivity contribution in [2.24, 2.45) is 0 Å². The maximum Gasteiger partial charge on any atom is 0.269 e. The van der Waals surface area contributed by atoms with Gasteiger partial charge in [0.1, 0.15) is 0 Å². The van der Waals surface area contributed by atoms with Crippen molar-refractivity contribution < 1.29 is 27.5 Å². The van der Waals surface area contributed by atoms with Gasteiger partial charge >= 0.3 is 0 Å². The first-order valence-electron chi connectivity index (χ1n) is 9.98. The van der Waals surface area contributed by atoms with Crippen LogP contribution in [0.3, 0.4) is 0 Å². The van der Waals surface area contributed by atoms with E-state index in [1.54, 1.807) is 32.0 Å². The molecule has 174 valence electrons. The molecule has 32 heavy (non-hydrogen) atoms.